The molecule has 0 aromatic heterocycles. The normalized spacial score (nSPS) is 18.7. The van der Waals surface area contributed by atoms with Gasteiger partial charge in [-0.3, -0.25) is 4.79 Å². The predicted molar refractivity (Wildman–Crippen MR) is 68.3 cm³/mol. The Kier molecular flexibility index (Phi) is 3.38. The molecule has 0 bridgehead atoms. The summed E-state index contributed by atoms with van der Waals surface area (Å²) in [7, 11) is 0. The van der Waals surface area contributed by atoms with E-state index in [1.807, 2.05) is 0 Å². The van der Waals surface area contributed by atoms with Gasteiger partial charge in [-0.15, -0.1) is 0 Å². The Labute approximate surface area is 110 Å². The summed E-state index contributed by atoms with van der Waals surface area (Å²) in [6.45, 7) is 2.76. The zero-order chi connectivity index (χ0) is 14.2. The molecule has 0 radical (unpaired) electrons. The number of ether oxygens (including phenoxy) is 1. The van der Waals surface area contributed by atoms with Gasteiger partial charge >= 0.3 is 0 Å². The highest BCUT2D eigenvalue weighted by molar-refractivity contribution is 6.02. The Morgan fingerprint density at radius 1 is 1.42 bits per heavy atom. The lowest BCUT2D eigenvalue weighted by molar-refractivity contribution is -0.133. The minimum absolute atomic E-state index is 0.0279. The number of β-amino-alcohol motifs (C(OH)–C–C–N with tert-alkyl or cyclic N) is 1. The van der Waals surface area contributed by atoms with Crippen LogP contribution in [-0.2, 0) is 4.79 Å². The maximum atomic E-state index is 12.3. The Hall–Kier alpha value is -1.79. The zero-order valence-corrected chi connectivity index (χ0v) is 10.8. The average Bonchev–Trinajstić information content (AvgIpc) is 2.34. The van der Waals surface area contributed by atoms with E-state index < -0.39 is 18.3 Å². The number of aromatic hydroxyl groups is 1. The average molecular weight is 267 g/mol. The first-order chi connectivity index (χ1) is 8.85. The van der Waals surface area contributed by atoms with Crippen LogP contribution < -0.4 is 9.64 Å². The van der Waals surface area contributed by atoms with Crippen LogP contribution in [0.2, 0.25) is 0 Å². The molecule has 1 aliphatic rings. The lowest BCUT2D eigenvalue weighted by atomic mass is 10.0. The smallest absolute Gasteiger partial charge is 0.270 e. The molecule has 3 N–H and O–H groups in total. The van der Waals surface area contributed by atoms with E-state index in [9.17, 15) is 15.0 Å². The highest BCUT2D eigenvalue weighted by Crippen LogP contribution is 2.39. The largest absolute Gasteiger partial charge is 0.508 e. The van der Waals surface area contributed by atoms with E-state index in [0.29, 0.717) is 11.4 Å². The lowest BCUT2D eigenvalue weighted by Gasteiger charge is -2.39. The number of carbonyl (C=O) groups excluding carboxylic acids is 1. The third kappa shape index (κ3) is 2.50. The van der Waals surface area contributed by atoms with E-state index in [0.717, 1.165) is 0 Å². The highest BCUT2D eigenvalue weighted by Gasteiger charge is 2.41. The summed E-state index contributed by atoms with van der Waals surface area (Å²) in [6, 6.07) is 4.40. The van der Waals surface area contributed by atoms with Gasteiger partial charge in [-0.05, 0) is 26.0 Å². The van der Waals surface area contributed by atoms with Gasteiger partial charge in [0.2, 0.25) is 0 Å². The molecule has 0 spiro atoms. The molecule has 1 aromatic rings. The third-order valence-corrected chi connectivity index (χ3v) is 2.96. The van der Waals surface area contributed by atoms with Crippen LogP contribution in [0.1, 0.15) is 13.8 Å². The van der Waals surface area contributed by atoms with Crippen molar-refractivity contribution in [3.8, 4) is 11.5 Å². The molecule has 1 unspecified atom stereocenters. The molecule has 1 aromatic carbocycles. The van der Waals surface area contributed by atoms with Crippen LogP contribution in [0.15, 0.2) is 18.2 Å². The highest BCUT2D eigenvalue weighted by atomic mass is 16.5. The lowest BCUT2D eigenvalue weighted by Crippen LogP contribution is -2.54. The standard InChI is InChI=1S/C13H17NO5/c1-13(2)12(18)14(6-9(17)7-15)10-4-3-8(16)5-11(10)19-13/h3-5,9,15-17H,6-7H2,1-2H3. The fourth-order valence-corrected chi connectivity index (χ4v) is 2.01. The van der Waals surface area contributed by atoms with E-state index in [1.165, 1.54) is 17.0 Å². The van der Waals surface area contributed by atoms with Gasteiger partial charge in [0.15, 0.2) is 5.60 Å². The van der Waals surface area contributed by atoms with Crippen LogP contribution in [0, 0.1) is 0 Å². The van der Waals surface area contributed by atoms with Crippen molar-refractivity contribution in [2.45, 2.75) is 25.6 Å². The minimum atomic E-state index is -1.09. The molecular formula is C13H17NO5. The van der Waals surface area contributed by atoms with E-state index in [4.69, 9.17) is 9.84 Å². The van der Waals surface area contributed by atoms with Gasteiger partial charge < -0.3 is 25.0 Å². The predicted octanol–water partition coefficient (Wildman–Crippen LogP) is 0.249. The van der Waals surface area contributed by atoms with Crippen LogP contribution in [0.5, 0.6) is 11.5 Å². The number of rotatable bonds is 3. The van der Waals surface area contributed by atoms with Crippen molar-refractivity contribution in [2.24, 2.45) is 0 Å². The number of anilines is 1. The van der Waals surface area contributed by atoms with Crippen molar-refractivity contribution in [3.05, 3.63) is 18.2 Å². The summed E-state index contributed by atoms with van der Waals surface area (Å²) in [5.74, 6) is 0.0967. The first-order valence-electron chi connectivity index (χ1n) is 5.98. The summed E-state index contributed by atoms with van der Waals surface area (Å²) in [5.41, 5.74) is -0.620. The molecule has 1 amide bonds. The van der Waals surface area contributed by atoms with Gasteiger partial charge in [0.05, 0.1) is 24.9 Å². The third-order valence-electron chi connectivity index (χ3n) is 2.96. The molecule has 6 nitrogen and oxygen atoms in total. The molecule has 1 heterocycles. The number of aliphatic hydroxyl groups excluding tert-OH is 2. The van der Waals surface area contributed by atoms with Crippen molar-refractivity contribution >= 4 is 11.6 Å². The van der Waals surface area contributed by atoms with Crippen molar-refractivity contribution in [1.82, 2.24) is 0 Å². The number of benzene rings is 1. The number of phenolic OH excluding ortho intramolecular Hbond substituents is 1. The van der Waals surface area contributed by atoms with Gasteiger partial charge in [-0.2, -0.15) is 0 Å². The molecule has 104 valence electrons. The maximum absolute atomic E-state index is 12.3. The second kappa shape index (κ2) is 4.71. The molecule has 1 atom stereocenters. The monoisotopic (exact) mass is 267 g/mol. The van der Waals surface area contributed by atoms with Gasteiger partial charge in [0.25, 0.3) is 5.91 Å². The minimum Gasteiger partial charge on any atom is -0.508 e. The Bertz CT molecular complexity index is 500. The fraction of sp³-hybridized carbons (Fsp3) is 0.462. The fourth-order valence-electron chi connectivity index (χ4n) is 2.01. The van der Waals surface area contributed by atoms with E-state index in [-0.39, 0.29) is 18.2 Å². The number of amides is 1. The van der Waals surface area contributed by atoms with E-state index in [1.54, 1.807) is 19.9 Å². The first-order valence-corrected chi connectivity index (χ1v) is 5.98. The number of aliphatic hydroxyl groups is 2. The first kappa shape index (κ1) is 13.6. The number of nitrogens with zero attached hydrogens (tertiary/aromatic N) is 1. The molecule has 0 saturated carbocycles. The molecule has 2 rings (SSSR count). The second-order valence-corrected chi connectivity index (χ2v) is 5.02. The Morgan fingerprint density at radius 3 is 2.74 bits per heavy atom. The summed E-state index contributed by atoms with van der Waals surface area (Å²) >= 11 is 0. The number of hydrogen-bond acceptors (Lipinski definition) is 5. The van der Waals surface area contributed by atoms with E-state index in [2.05, 4.69) is 0 Å². The topological polar surface area (TPSA) is 90.2 Å². The van der Waals surface area contributed by atoms with Gasteiger partial charge in [-0.25, -0.2) is 0 Å². The van der Waals surface area contributed by atoms with E-state index >= 15 is 0 Å². The van der Waals surface area contributed by atoms with Crippen LogP contribution in [0.4, 0.5) is 5.69 Å². The van der Waals surface area contributed by atoms with Gasteiger partial charge in [-0.1, -0.05) is 0 Å². The summed E-state index contributed by atoms with van der Waals surface area (Å²) < 4.78 is 5.56. The zero-order valence-electron chi connectivity index (χ0n) is 10.8. The van der Waals surface area contributed by atoms with Crippen molar-refractivity contribution < 1.29 is 24.9 Å². The summed E-state index contributed by atoms with van der Waals surface area (Å²) in [6.07, 6.45) is -1.03. The number of hydrogen-bond donors (Lipinski definition) is 3. The Balaban J connectivity index is 2.43. The Morgan fingerprint density at radius 2 is 2.11 bits per heavy atom. The molecule has 0 saturated heterocycles. The molecule has 0 fully saturated rings. The van der Waals surface area contributed by atoms with Crippen LogP contribution in [-0.4, -0.2) is 46.1 Å². The van der Waals surface area contributed by atoms with Crippen LogP contribution >= 0.6 is 0 Å². The van der Waals surface area contributed by atoms with Crippen molar-refractivity contribution in [1.29, 1.82) is 0 Å². The summed E-state index contributed by atoms with van der Waals surface area (Å²) in [5, 5.41) is 27.9. The van der Waals surface area contributed by atoms with Gasteiger partial charge in [0, 0.05) is 6.07 Å². The quantitative estimate of drug-likeness (QED) is 0.730. The molecule has 0 aliphatic carbocycles. The summed E-state index contributed by atoms with van der Waals surface area (Å²) in [4.78, 5) is 13.7. The number of phenols is 1. The number of carbonyl (C=O) groups is 1. The van der Waals surface area contributed by atoms with Crippen LogP contribution in [0.25, 0.3) is 0 Å². The molecule has 1 aliphatic heterocycles. The second-order valence-electron chi connectivity index (χ2n) is 5.02. The van der Waals surface area contributed by atoms with Crippen molar-refractivity contribution in [2.75, 3.05) is 18.1 Å². The molecular weight excluding hydrogens is 250 g/mol. The van der Waals surface area contributed by atoms with Crippen LogP contribution in [0.3, 0.4) is 0 Å². The number of fused-ring (bicyclic) bond motifs is 1. The SMILES string of the molecule is CC1(C)Oc2cc(O)ccc2N(CC(O)CO)C1=O. The van der Waals surface area contributed by atoms with Crippen molar-refractivity contribution in [3.63, 3.8) is 0 Å². The maximum Gasteiger partial charge on any atom is 0.270 e. The molecule has 19 heavy (non-hydrogen) atoms. The van der Waals surface area contributed by atoms with Gasteiger partial charge in [0.1, 0.15) is 11.5 Å². The molecule has 6 heteroatoms.